The van der Waals surface area contributed by atoms with Gasteiger partial charge in [0, 0.05) is 36.2 Å². The molecule has 37 heavy (non-hydrogen) atoms. The second kappa shape index (κ2) is 8.88. The SMILES string of the molecule is O=C(COC(=O)c1ccc2c3c1[C@@H]1C=CC[C@@H]1CN3C[C@@H]1CC=C[C@@H]21)c1ccc(-c2ccccc2)cc1. The number of rotatable bonds is 5. The van der Waals surface area contributed by atoms with Crippen molar-refractivity contribution in [1.82, 2.24) is 0 Å². The van der Waals surface area contributed by atoms with E-state index in [9.17, 15) is 9.59 Å². The summed E-state index contributed by atoms with van der Waals surface area (Å²) in [6.07, 6.45) is 11.3. The van der Waals surface area contributed by atoms with E-state index in [1.54, 1.807) is 12.1 Å². The molecule has 4 nitrogen and oxygen atoms in total. The number of carbonyl (C=O) groups excluding carboxylic acids is 2. The monoisotopic (exact) mass is 487 g/mol. The lowest BCUT2D eigenvalue weighted by Crippen LogP contribution is -2.44. The number of nitrogens with zero attached hydrogens (tertiary/aromatic N) is 1. The van der Waals surface area contributed by atoms with Gasteiger partial charge in [0.05, 0.1) is 5.56 Å². The summed E-state index contributed by atoms with van der Waals surface area (Å²) >= 11 is 0. The van der Waals surface area contributed by atoms with Crippen LogP contribution in [0.25, 0.3) is 11.1 Å². The number of esters is 1. The van der Waals surface area contributed by atoms with Crippen molar-refractivity contribution in [2.75, 3.05) is 24.6 Å². The van der Waals surface area contributed by atoms with Gasteiger partial charge in [-0.2, -0.15) is 0 Å². The van der Waals surface area contributed by atoms with Gasteiger partial charge in [-0.25, -0.2) is 4.79 Å². The van der Waals surface area contributed by atoms with Gasteiger partial charge in [-0.3, -0.25) is 4.79 Å². The summed E-state index contributed by atoms with van der Waals surface area (Å²) in [5.41, 5.74) is 6.97. The van der Waals surface area contributed by atoms with E-state index in [1.165, 1.54) is 11.3 Å². The van der Waals surface area contributed by atoms with E-state index in [0.29, 0.717) is 28.9 Å². The highest BCUT2D eigenvalue weighted by molar-refractivity contribution is 6.00. The zero-order valence-electron chi connectivity index (χ0n) is 20.7. The summed E-state index contributed by atoms with van der Waals surface area (Å²) in [4.78, 5) is 28.8. The number of hydrogen-bond acceptors (Lipinski definition) is 4. The maximum atomic E-state index is 13.4. The first-order valence-corrected chi connectivity index (χ1v) is 13.3. The van der Waals surface area contributed by atoms with Crippen LogP contribution in [-0.2, 0) is 4.74 Å². The van der Waals surface area contributed by atoms with Gasteiger partial charge in [-0.1, -0.05) is 85.0 Å². The smallest absolute Gasteiger partial charge is 0.338 e. The van der Waals surface area contributed by atoms with E-state index in [-0.39, 0.29) is 18.3 Å². The van der Waals surface area contributed by atoms with Gasteiger partial charge in [-0.05, 0) is 53.0 Å². The highest BCUT2D eigenvalue weighted by Crippen LogP contribution is 2.53. The van der Waals surface area contributed by atoms with E-state index in [2.05, 4.69) is 35.3 Å². The zero-order valence-corrected chi connectivity index (χ0v) is 20.7. The summed E-state index contributed by atoms with van der Waals surface area (Å²) in [6.45, 7) is 1.81. The van der Waals surface area contributed by atoms with Gasteiger partial charge in [0.15, 0.2) is 12.4 Å². The average Bonchev–Trinajstić information content (AvgIpc) is 3.62. The summed E-state index contributed by atoms with van der Waals surface area (Å²) < 4.78 is 5.64. The Hall–Kier alpha value is -3.92. The van der Waals surface area contributed by atoms with Crippen molar-refractivity contribution in [1.29, 1.82) is 0 Å². The lowest BCUT2D eigenvalue weighted by molar-refractivity contribution is 0.0473. The highest BCUT2D eigenvalue weighted by atomic mass is 16.5. The van der Waals surface area contributed by atoms with Crippen LogP contribution < -0.4 is 4.90 Å². The van der Waals surface area contributed by atoms with Crippen molar-refractivity contribution in [3.63, 3.8) is 0 Å². The lowest BCUT2D eigenvalue weighted by atomic mass is 9.73. The third-order valence-electron chi connectivity index (χ3n) is 8.62. The van der Waals surface area contributed by atoms with Crippen LogP contribution in [0, 0.1) is 11.8 Å². The molecule has 4 atom stereocenters. The van der Waals surface area contributed by atoms with Gasteiger partial charge in [0.2, 0.25) is 0 Å². The predicted octanol–water partition coefficient (Wildman–Crippen LogP) is 6.55. The molecule has 0 aromatic heterocycles. The Bertz CT molecular complexity index is 1430. The first-order valence-electron chi connectivity index (χ1n) is 13.3. The van der Waals surface area contributed by atoms with Gasteiger partial charge in [0.25, 0.3) is 0 Å². The Morgan fingerprint density at radius 2 is 1.46 bits per heavy atom. The lowest BCUT2D eigenvalue weighted by Gasteiger charge is -2.46. The number of carbonyl (C=O) groups is 2. The zero-order chi connectivity index (χ0) is 24.9. The molecule has 0 unspecified atom stereocenters. The molecule has 3 aromatic rings. The van der Waals surface area contributed by atoms with Crippen LogP contribution >= 0.6 is 0 Å². The molecule has 184 valence electrons. The molecule has 0 fully saturated rings. The van der Waals surface area contributed by atoms with Crippen molar-refractivity contribution in [2.45, 2.75) is 24.7 Å². The summed E-state index contributed by atoms with van der Waals surface area (Å²) in [5, 5.41) is 0. The number of anilines is 1. The maximum absolute atomic E-state index is 13.4. The fraction of sp³-hybridized carbons (Fsp3) is 0.273. The average molecular weight is 488 g/mol. The van der Waals surface area contributed by atoms with Crippen LogP contribution in [0.5, 0.6) is 0 Å². The van der Waals surface area contributed by atoms with Crippen molar-refractivity contribution in [3.8, 4) is 11.1 Å². The quantitative estimate of drug-likeness (QED) is 0.233. The minimum absolute atomic E-state index is 0.196. The number of allylic oxidation sites excluding steroid dienone is 4. The topological polar surface area (TPSA) is 46.6 Å². The van der Waals surface area contributed by atoms with Crippen LogP contribution in [-0.4, -0.2) is 31.4 Å². The van der Waals surface area contributed by atoms with Crippen molar-refractivity contribution in [2.24, 2.45) is 11.8 Å². The second-order valence-corrected chi connectivity index (χ2v) is 10.7. The molecular formula is C33H29NO3. The Morgan fingerprint density at radius 3 is 2.22 bits per heavy atom. The van der Waals surface area contributed by atoms with Crippen LogP contribution in [0.15, 0.2) is 91.0 Å². The summed E-state index contributed by atoms with van der Waals surface area (Å²) in [7, 11) is 0. The van der Waals surface area contributed by atoms with Crippen LogP contribution in [0.1, 0.15) is 56.5 Å². The molecule has 0 spiro atoms. The van der Waals surface area contributed by atoms with Gasteiger partial charge >= 0.3 is 5.97 Å². The van der Waals surface area contributed by atoms with Crippen molar-refractivity contribution >= 4 is 17.4 Å². The van der Waals surface area contributed by atoms with Crippen LogP contribution in [0.4, 0.5) is 5.69 Å². The molecule has 2 aliphatic carbocycles. The first kappa shape index (κ1) is 22.3. The Kier molecular flexibility index (Phi) is 5.35. The molecule has 0 saturated carbocycles. The van der Waals surface area contributed by atoms with E-state index < -0.39 is 5.97 Å². The number of hydrogen-bond donors (Lipinski definition) is 0. The standard InChI is InChI=1S/C33H29NO3/c35-30(23-14-12-22(13-15-23)21-6-2-1-3-7-21)20-37-33(36)29-17-16-28-26-10-4-8-24(26)18-34-19-25-9-5-11-27(25)31(29)32(28)34/h1-7,10-17,24-27H,8-9,18-20H2/t24-,25+,26+,27+/m0/s1. The Labute approximate surface area is 217 Å². The molecule has 0 radical (unpaired) electrons. The number of Topliss-reactive ketones (excluding diaryl/α,β-unsaturated/α-hetero) is 1. The van der Waals surface area contributed by atoms with Crippen molar-refractivity contribution in [3.05, 3.63) is 113 Å². The van der Waals surface area contributed by atoms with Gasteiger partial charge in [-0.15, -0.1) is 0 Å². The number of ketones is 1. The summed E-state index contributed by atoms with van der Waals surface area (Å²) in [6, 6.07) is 21.6. The number of ether oxygens (including phenoxy) is 1. The molecule has 7 rings (SSSR count). The third-order valence-corrected chi connectivity index (χ3v) is 8.62. The minimum Gasteiger partial charge on any atom is -0.454 e. The van der Waals surface area contributed by atoms with Gasteiger partial charge in [0.1, 0.15) is 0 Å². The molecule has 4 aliphatic rings. The molecule has 2 heterocycles. The fourth-order valence-electron chi connectivity index (χ4n) is 6.83. The summed E-state index contributed by atoms with van der Waals surface area (Å²) in [5.74, 6) is 1.17. The Morgan fingerprint density at radius 1 is 0.784 bits per heavy atom. The molecule has 0 N–H and O–H groups in total. The minimum atomic E-state index is -0.406. The second-order valence-electron chi connectivity index (χ2n) is 10.7. The van der Waals surface area contributed by atoms with Gasteiger partial charge < -0.3 is 9.64 Å². The molecule has 2 aliphatic heterocycles. The molecule has 4 heteroatoms. The fourth-order valence-corrected chi connectivity index (χ4v) is 6.83. The number of benzene rings is 3. The predicted molar refractivity (Wildman–Crippen MR) is 145 cm³/mol. The maximum Gasteiger partial charge on any atom is 0.338 e. The van der Waals surface area contributed by atoms with Crippen LogP contribution in [0.2, 0.25) is 0 Å². The Balaban J connectivity index is 1.13. The normalized spacial score (nSPS) is 24.4. The van der Waals surface area contributed by atoms with Crippen molar-refractivity contribution < 1.29 is 14.3 Å². The largest absolute Gasteiger partial charge is 0.454 e. The molecule has 0 amide bonds. The van der Waals surface area contributed by atoms with E-state index in [1.807, 2.05) is 48.5 Å². The molecule has 3 aromatic carbocycles. The van der Waals surface area contributed by atoms with E-state index >= 15 is 0 Å². The number of fused-ring (bicyclic) bond motifs is 4. The van der Waals surface area contributed by atoms with E-state index in [0.717, 1.165) is 42.6 Å². The third kappa shape index (κ3) is 3.74. The van der Waals surface area contributed by atoms with Crippen LogP contribution in [0.3, 0.4) is 0 Å². The first-order chi connectivity index (χ1) is 18.2. The molecular weight excluding hydrogens is 458 g/mol. The molecule has 0 saturated heterocycles. The molecule has 0 bridgehead atoms. The highest BCUT2D eigenvalue weighted by Gasteiger charge is 2.44. The van der Waals surface area contributed by atoms with E-state index in [4.69, 9.17) is 4.74 Å².